The molecule has 0 aliphatic carbocycles. The normalized spacial score (nSPS) is 10.6. The molecule has 156 valence electrons. The van der Waals surface area contributed by atoms with Crippen molar-refractivity contribution in [3.63, 3.8) is 0 Å². The zero-order valence-electron chi connectivity index (χ0n) is 16.2. The summed E-state index contributed by atoms with van der Waals surface area (Å²) in [6, 6.07) is 7.40. The standard InChI is InChI=1S/C21H17F2NO5S/c1-10-7-8-11(18(23)17(10)22)12-9-30-20(15(12)21(26)27)24-19(25)16-13(28-2)5-4-6-14(16)29-3/h4-9H,1-3H3,(H,24,25)(H,26,27). The third-order valence-corrected chi connectivity index (χ3v) is 5.35. The second-order valence-corrected chi connectivity index (χ2v) is 7.09. The maximum atomic E-state index is 14.4. The molecule has 3 rings (SSSR count). The number of hydrogen-bond donors (Lipinski definition) is 2. The molecule has 0 unspecified atom stereocenters. The minimum Gasteiger partial charge on any atom is -0.496 e. The van der Waals surface area contributed by atoms with Crippen LogP contribution in [0.2, 0.25) is 0 Å². The maximum Gasteiger partial charge on any atom is 0.339 e. The van der Waals surface area contributed by atoms with Crippen molar-refractivity contribution in [3.8, 4) is 22.6 Å². The number of methoxy groups -OCH3 is 2. The minimum absolute atomic E-state index is 0.0316. The summed E-state index contributed by atoms with van der Waals surface area (Å²) in [6.07, 6.45) is 0. The molecule has 0 radical (unpaired) electrons. The summed E-state index contributed by atoms with van der Waals surface area (Å²) < 4.78 is 38.8. The van der Waals surface area contributed by atoms with Gasteiger partial charge in [0.25, 0.3) is 5.91 Å². The molecule has 2 N–H and O–H groups in total. The van der Waals surface area contributed by atoms with Crippen LogP contribution in [0.1, 0.15) is 26.3 Å². The van der Waals surface area contributed by atoms with Crippen LogP contribution in [-0.4, -0.2) is 31.2 Å². The second-order valence-electron chi connectivity index (χ2n) is 6.21. The van der Waals surface area contributed by atoms with Crippen LogP contribution in [0.3, 0.4) is 0 Å². The minimum atomic E-state index is -1.39. The predicted molar refractivity (Wildman–Crippen MR) is 109 cm³/mol. The number of carboxylic acids is 1. The third-order valence-electron chi connectivity index (χ3n) is 4.45. The molecule has 0 saturated carbocycles. The van der Waals surface area contributed by atoms with E-state index in [0.29, 0.717) is 0 Å². The van der Waals surface area contributed by atoms with Crippen LogP contribution in [0, 0.1) is 18.6 Å². The number of thiophene rings is 1. The highest BCUT2D eigenvalue weighted by Gasteiger charge is 2.26. The molecule has 0 atom stereocenters. The number of carboxylic acid groups (broad SMARTS) is 1. The summed E-state index contributed by atoms with van der Waals surface area (Å²) >= 11 is 0.884. The zero-order valence-corrected chi connectivity index (χ0v) is 17.0. The maximum absolute atomic E-state index is 14.4. The average Bonchev–Trinajstić information content (AvgIpc) is 3.14. The Labute approximate surface area is 174 Å². The van der Waals surface area contributed by atoms with Crippen LogP contribution in [-0.2, 0) is 0 Å². The first-order valence-electron chi connectivity index (χ1n) is 8.62. The largest absolute Gasteiger partial charge is 0.496 e. The number of aromatic carboxylic acids is 1. The molecule has 30 heavy (non-hydrogen) atoms. The zero-order chi connectivity index (χ0) is 22.0. The first-order valence-corrected chi connectivity index (χ1v) is 9.50. The van der Waals surface area contributed by atoms with Crippen molar-refractivity contribution < 1.29 is 33.0 Å². The Morgan fingerprint density at radius 1 is 0.967 bits per heavy atom. The molecule has 0 bridgehead atoms. The predicted octanol–water partition coefficient (Wildman–Crippen LogP) is 4.97. The number of amides is 1. The van der Waals surface area contributed by atoms with Gasteiger partial charge in [0.1, 0.15) is 27.6 Å². The molecule has 1 heterocycles. The summed E-state index contributed by atoms with van der Waals surface area (Å²) in [6.45, 7) is 1.40. The van der Waals surface area contributed by atoms with E-state index >= 15 is 0 Å². The number of anilines is 1. The van der Waals surface area contributed by atoms with Crippen molar-refractivity contribution in [2.24, 2.45) is 0 Å². The van der Waals surface area contributed by atoms with Gasteiger partial charge in [0.2, 0.25) is 0 Å². The topological polar surface area (TPSA) is 84.9 Å². The van der Waals surface area contributed by atoms with Crippen LogP contribution >= 0.6 is 11.3 Å². The second kappa shape index (κ2) is 8.50. The Balaban J connectivity index is 2.07. The fourth-order valence-corrected chi connectivity index (χ4v) is 3.90. The molecule has 9 heteroatoms. The molecule has 0 spiro atoms. The first-order chi connectivity index (χ1) is 14.3. The Hall–Kier alpha value is -3.46. The van der Waals surface area contributed by atoms with E-state index in [9.17, 15) is 23.5 Å². The molecule has 0 aliphatic heterocycles. The fraction of sp³-hybridized carbons (Fsp3) is 0.143. The van der Waals surface area contributed by atoms with Crippen molar-refractivity contribution >= 4 is 28.2 Å². The lowest BCUT2D eigenvalue weighted by Gasteiger charge is -2.13. The highest BCUT2D eigenvalue weighted by molar-refractivity contribution is 7.15. The van der Waals surface area contributed by atoms with Gasteiger partial charge in [0.15, 0.2) is 11.6 Å². The van der Waals surface area contributed by atoms with Crippen LogP contribution in [0.5, 0.6) is 11.5 Å². The van der Waals surface area contributed by atoms with E-state index in [4.69, 9.17) is 9.47 Å². The van der Waals surface area contributed by atoms with Gasteiger partial charge < -0.3 is 19.9 Å². The van der Waals surface area contributed by atoms with Crippen LogP contribution in [0.15, 0.2) is 35.7 Å². The average molecular weight is 433 g/mol. The van der Waals surface area contributed by atoms with Gasteiger partial charge in [-0.25, -0.2) is 13.6 Å². The van der Waals surface area contributed by atoms with Crippen molar-refractivity contribution in [3.05, 3.63) is 64.0 Å². The first kappa shape index (κ1) is 21.3. The fourth-order valence-electron chi connectivity index (χ4n) is 2.96. The van der Waals surface area contributed by atoms with Crippen LogP contribution < -0.4 is 14.8 Å². The van der Waals surface area contributed by atoms with E-state index in [1.807, 2.05) is 0 Å². The van der Waals surface area contributed by atoms with Crippen molar-refractivity contribution in [1.29, 1.82) is 0 Å². The van der Waals surface area contributed by atoms with E-state index in [1.54, 1.807) is 18.2 Å². The van der Waals surface area contributed by atoms with Gasteiger partial charge in [-0.15, -0.1) is 11.3 Å². The lowest BCUT2D eigenvalue weighted by Crippen LogP contribution is -2.16. The lowest BCUT2D eigenvalue weighted by molar-refractivity contribution is 0.0699. The molecule has 0 saturated heterocycles. The SMILES string of the molecule is COc1cccc(OC)c1C(=O)Nc1scc(-c2ccc(C)c(F)c2F)c1C(=O)O. The number of carbonyl (C=O) groups is 2. The quantitative estimate of drug-likeness (QED) is 0.573. The smallest absolute Gasteiger partial charge is 0.339 e. The molecule has 1 amide bonds. The molecular weight excluding hydrogens is 416 g/mol. The van der Waals surface area contributed by atoms with Gasteiger partial charge >= 0.3 is 5.97 Å². The number of ether oxygens (including phenoxy) is 2. The molecular formula is C21H17F2NO5S. The van der Waals surface area contributed by atoms with Crippen molar-refractivity contribution in [2.75, 3.05) is 19.5 Å². The molecule has 0 fully saturated rings. The molecule has 0 aliphatic rings. The van der Waals surface area contributed by atoms with E-state index < -0.39 is 23.5 Å². The molecule has 2 aromatic carbocycles. The van der Waals surface area contributed by atoms with E-state index in [2.05, 4.69) is 5.32 Å². The number of rotatable bonds is 6. The number of aryl methyl sites for hydroxylation is 1. The Morgan fingerprint density at radius 3 is 2.17 bits per heavy atom. The molecule has 6 nitrogen and oxygen atoms in total. The number of hydrogen-bond acceptors (Lipinski definition) is 5. The summed E-state index contributed by atoms with van der Waals surface area (Å²) in [7, 11) is 2.76. The number of halogens is 2. The summed E-state index contributed by atoms with van der Waals surface area (Å²) in [5, 5.41) is 13.5. The Morgan fingerprint density at radius 2 is 1.60 bits per heavy atom. The number of nitrogens with one attached hydrogen (secondary N) is 1. The van der Waals surface area contributed by atoms with Crippen LogP contribution in [0.25, 0.3) is 11.1 Å². The molecule has 3 aromatic rings. The number of benzene rings is 2. The van der Waals surface area contributed by atoms with Crippen molar-refractivity contribution in [1.82, 2.24) is 0 Å². The van der Waals surface area contributed by atoms with Crippen LogP contribution in [0.4, 0.5) is 13.8 Å². The summed E-state index contributed by atoms with van der Waals surface area (Å²) in [5.41, 5.74) is -0.417. The highest BCUT2D eigenvalue weighted by atomic mass is 32.1. The monoisotopic (exact) mass is 433 g/mol. The summed E-state index contributed by atoms with van der Waals surface area (Å²) in [4.78, 5) is 24.8. The van der Waals surface area contributed by atoms with E-state index in [-0.39, 0.29) is 44.3 Å². The van der Waals surface area contributed by atoms with Gasteiger partial charge in [-0.2, -0.15) is 0 Å². The highest BCUT2D eigenvalue weighted by Crippen LogP contribution is 2.39. The van der Waals surface area contributed by atoms with E-state index in [0.717, 1.165) is 11.3 Å². The lowest BCUT2D eigenvalue weighted by atomic mass is 10.0. The third kappa shape index (κ3) is 3.71. The van der Waals surface area contributed by atoms with Gasteiger partial charge in [0, 0.05) is 16.5 Å². The van der Waals surface area contributed by atoms with Gasteiger partial charge in [-0.1, -0.05) is 18.2 Å². The molecule has 1 aromatic heterocycles. The van der Waals surface area contributed by atoms with E-state index in [1.165, 1.54) is 38.7 Å². The van der Waals surface area contributed by atoms with Gasteiger partial charge in [-0.05, 0) is 24.6 Å². The van der Waals surface area contributed by atoms with Gasteiger partial charge in [0.05, 0.1) is 14.2 Å². The Bertz CT molecular complexity index is 1120. The number of carbonyl (C=O) groups excluding carboxylic acids is 1. The summed E-state index contributed by atoms with van der Waals surface area (Å²) in [5.74, 6) is -3.82. The van der Waals surface area contributed by atoms with Crippen molar-refractivity contribution in [2.45, 2.75) is 6.92 Å². The Kier molecular flexibility index (Phi) is 6.02. The van der Waals surface area contributed by atoms with Gasteiger partial charge in [-0.3, -0.25) is 4.79 Å².